The minimum atomic E-state index is 0.795. The zero-order chi connectivity index (χ0) is 9.02. The summed E-state index contributed by atoms with van der Waals surface area (Å²) in [5, 5.41) is 0. The Kier molecular flexibility index (Phi) is 6.79. The number of halogens is 2. The first kappa shape index (κ1) is 12.5. The van der Waals surface area contributed by atoms with Crippen LogP contribution in [0, 0.1) is 11.8 Å². The van der Waals surface area contributed by atoms with Crippen LogP contribution in [0.4, 0.5) is 0 Å². The van der Waals surface area contributed by atoms with E-state index in [1.54, 1.807) is 0 Å². The largest absolute Gasteiger partial charge is 0.0826 e. The predicted molar refractivity (Wildman–Crippen MR) is 69.9 cm³/mol. The first-order valence-corrected chi connectivity index (χ1v) is 6.78. The lowest BCUT2D eigenvalue weighted by molar-refractivity contribution is 0.441. The molecule has 0 aliphatic carbocycles. The van der Waals surface area contributed by atoms with E-state index in [-0.39, 0.29) is 0 Å². The lowest BCUT2D eigenvalue weighted by Gasteiger charge is -2.25. The van der Waals surface area contributed by atoms with Gasteiger partial charge in [0.25, 0.3) is 0 Å². The third kappa shape index (κ3) is 4.29. The van der Waals surface area contributed by atoms with Crippen LogP contribution in [0.2, 0.25) is 0 Å². The fraction of sp³-hybridized carbons (Fsp3) is 1.00. The van der Waals surface area contributed by atoms with Crippen molar-refractivity contribution in [2.45, 2.75) is 42.0 Å². The van der Waals surface area contributed by atoms with Gasteiger partial charge in [-0.3, -0.25) is 0 Å². The van der Waals surface area contributed by atoms with Crippen molar-refractivity contribution in [3.63, 3.8) is 0 Å². The summed E-state index contributed by atoms with van der Waals surface area (Å²) in [5.74, 6) is 1.70. The number of hydrogen-bond donors (Lipinski definition) is 0. The molecule has 2 heteroatoms. The molecule has 0 N–H and O–H groups in total. The fourth-order valence-electron chi connectivity index (χ4n) is 0.997. The van der Waals surface area contributed by atoms with Crippen molar-refractivity contribution in [3.05, 3.63) is 0 Å². The molecule has 0 aromatic heterocycles. The van der Waals surface area contributed by atoms with Gasteiger partial charge in [0, 0.05) is 7.85 Å². The van der Waals surface area contributed by atoms with Gasteiger partial charge in [0.15, 0.2) is 0 Å². The van der Waals surface area contributed by atoms with Crippen molar-refractivity contribution in [1.82, 2.24) is 0 Å². The smallest absolute Gasteiger partial charge is 0.0171 e. The highest BCUT2D eigenvalue weighted by molar-refractivity contribution is 14.1. The van der Waals surface area contributed by atoms with Gasteiger partial charge in [-0.2, -0.15) is 0 Å². The quantitative estimate of drug-likeness (QED) is 0.504. The Morgan fingerprint density at radius 2 is 1.55 bits per heavy atom. The first-order valence-electron chi connectivity index (χ1n) is 4.28. The van der Waals surface area contributed by atoms with Crippen LogP contribution in [0.1, 0.15) is 34.1 Å². The molecule has 68 valence electrons. The van der Waals surface area contributed by atoms with E-state index in [0.29, 0.717) is 0 Å². The van der Waals surface area contributed by atoms with Gasteiger partial charge in [-0.05, 0) is 11.8 Å². The molecule has 0 amide bonds. The summed E-state index contributed by atoms with van der Waals surface area (Å²) in [6.07, 6.45) is 1.31. The SMILES string of the molecule is CCC(C)C(I)C(C)C(C)I. The Labute approximate surface area is 98.2 Å². The van der Waals surface area contributed by atoms with Gasteiger partial charge in [0.1, 0.15) is 0 Å². The van der Waals surface area contributed by atoms with Crippen LogP contribution < -0.4 is 0 Å². The molecule has 0 aliphatic rings. The molecule has 4 unspecified atom stereocenters. The van der Waals surface area contributed by atoms with Crippen LogP contribution in [0.5, 0.6) is 0 Å². The predicted octanol–water partition coefficient (Wildman–Crippen LogP) is 4.30. The number of rotatable bonds is 4. The minimum Gasteiger partial charge on any atom is -0.0826 e. The van der Waals surface area contributed by atoms with Crippen LogP contribution in [0.3, 0.4) is 0 Å². The molecule has 0 rings (SSSR count). The second-order valence-electron chi connectivity index (χ2n) is 3.37. The fourth-order valence-corrected chi connectivity index (χ4v) is 3.37. The van der Waals surface area contributed by atoms with Crippen LogP contribution in [0.25, 0.3) is 0 Å². The zero-order valence-corrected chi connectivity index (χ0v) is 12.1. The molecule has 0 aromatic carbocycles. The van der Waals surface area contributed by atoms with Gasteiger partial charge in [0.05, 0.1) is 0 Å². The summed E-state index contributed by atoms with van der Waals surface area (Å²) in [5.41, 5.74) is 0. The van der Waals surface area contributed by atoms with E-state index < -0.39 is 0 Å². The lowest BCUT2D eigenvalue weighted by Crippen LogP contribution is -2.24. The van der Waals surface area contributed by atoms with Crippen LogP contribution in [0.15, 0.2) is 0 Å². The third-order valence-corrected chi connectivity index (χ3v) is 5.91. The number of alkyl halides is 2. The molecule has 0 aliphatic heterocycles. The van der Waals surface area contributed by atoms with Crippen molar-refractivity contribution >= 4 is 45.2 Å². The van der Waals surface area contributed by atoms with Gasteiger partial charge in [-0.25, -0.2) is 0 Å². The first-order chi connectivity index (χ1) is 5.00. The Morgan fingerprint density at radius 3 is 1.82 bits per heavy atom. The Bertz CT molecular complexity index is 102. The summed E-state index contributed by atoms with van der Waals surface area (Å²) >= 11 is 5.13. The highest BCUT2D eigenvalue weighted by Crippen LogP contribution is 2.29. The maximum atomic E-state index is 2.60. The maximum absolute atomic E-state index is 2.60. The highest BCUT2D eigenvalue weighted by atomic mass is 127. The molecule has 4 atom stereocenters. The van der Waals surface area contributed by atoms with Crippen LogP contribution in [-0.2, 0) is 0 Å². The molecule has 0 saturated heterocycles. The molecule has 0 aromatic rings. The second kappa shape index (κ2) is 6.00. The third-order valence-electron chi connectivity index (χ3n) is 2.41. The van der Waals surface area contributed by atoms with E-state index in [4.69, 9.17) is 0 Å². The van der Waals surface area contributed by atoms with Crippen molar-refractivity contribution in [3.8, 4) is 0 Å². The van der Waals surface area contributed by atoms with Crippen molar-refractivity contribution < 1.29 is 0 Å². The van der Waals surface area contributed by atoms with Gasteiger partial charge in [-0.15, -0.1) is 0 Å². The van der Waals surface area contributed by atoms with Gasteiger partial charge < -0.3 is 0 Å². The molecular formula is C9H18I2. The Hall–Kier alpha value is 1.46. The average Bonchev–Trinajstić information content (AvgIpc) is 2.00. The molecule has 0 saturated carbocycles. The van der Waals surface area contributed by atoms with E-state index >= 15 is 0 Å². The molecular weight excluding hydrogens is 362 g/mol. The standard InChI is InChI=1S/C9H18I2/c1-5-6(2)9(11)7(3)8(4)10/h6-9H,5H2,1-4H3. The molecule has 0 spiro atoms. The van der Waals surface area contributed by atoms with Crippen molar-refractivity contribution in [2.24, 2.45) is 11.8 Å². The Balaban J connectivity index is 3.90. The second-order valence-corrected chi connectivity index (χ2v) is 6.77. The average molecular weight is 380 g/mol. The Morgan fingerprint density at radius 1 is 1.09 bits per heavy atom. The number of hydrogen-bond acceptors (Lipinski definition) is 0. The van der Waals surface area contributed by atoms with Crippen LogP contribution >= 0.6 is 45.2 Å². The molecule has 11 heavy (non-hydrogen) atoms. The lowest BCUT2D eigenvalue weighted by atomic mass is 9.94. The van der Waals surface area contributed by atoms with E-state index in [9.17, 15) is 0 Å². The van der Waals surface area contributed by atoms with Gasteiger partial charge in [0.2, 0.25) is 0 Å². The van der Waals surface area contributed by atoms with E-state index in [1.165, 1.54) is 6.42 Å². The molecule has 0 nitrogen and oxygen atoms in total. The van der Waals surface area contributed by atoms with E-state index in [0.717, 1.165) is 19.7 Å². The van der Waals surface area contributed by atoms with Crippen molar-refractivity contribution in [1.29, 1.82) is 0 Å². The van der Waals surface area contributed by atoms with Gasteiger partial charge in [-0.1, -0.05) is 79.3 Å². The van der Waals surface area contributed by atoms with Gasteiger partial charge >= 0.3 is 0 Å². The summed E-state index contributed by atoms with van der Waals surface area (Å²) < 4.78 is 1.63. The minimum absolute atomic E-state index is 0.795. The topological polar surface area (TPSA) is 0 Å². The molecule has 0 heterocycles. The summed E-state index contributed by atoms with van der Waals surface area (Å²) in [6, 6.07) is 0. The highest BCUT2D eigenvalue weighted by Gasteiger charge is 2.22. The van der Waals surface area contributed by atoms with E-state index in [1.807, 2.05) is 0 Å². The van der Waals surface area contributed by atoms with Crippen molar-refractivity contribution in [2.75, 3.05) is 0 Å². The van der Waals surface area contributed by atoms with Crippen LogP contribution in [-0.4, -0.2) is 7.85 Å². The monoisotopic (exact) mass is 380 g/mol. The summed E-state index contributed by atoms with van der Waals surface area (Å²) in [7, 11) is 0. The molecule has 0 fully saturated rings. The summed E-state index contributed by atoms with van der Waals surface area (Å²) in [6.45, 7) is 9.30. The van der Waals surface area contributed by atoms with E-state index in [2.05, 4.69) is 72.9 Å². The normalized spacial score (nSPS) is 22.4. The molecule has 0 radical (unpaired) electrons. The molecule has 0 bridgehead atoms. The maximum Gasteiger partial charge on any atom is 0.0171 e. The summed E-state index contributed by atoms with van der Waals surface area (Å²) in [4.78, 5) is 0. The zero-order valence-electron chi connectivity index (χ0n) is 7.77.